The van der Waals surface area contributed by atoms with E-state index >= 15 is 0 Å². The van der Waals surface area contributed by atoms with Gasteiger partial charge in [0.1, 0.15) is 0 Å². The lowest BCUT2D eigenvalue weighted by atomic mass is 9.99. The fourth-order valence-corrected chi connectivity index (χ4v) is 2.14. The second-order valence-corrected chi connectivity index (χ2v) is 5.16. The van der Waals surface area contributed by atoms with Crippen LogP contribution in [-0.4, -0.2) is 11.7 Å². The van der Waals surface area contributed by atoms with E-state index in [1.165, 1.54) is 0 Å². The van der Waals surface area contributed by atoms with Crippen molar-refractivity contribution in [2.75, 3.05) is 5.32 Å². The number of hydrogen-bond donors (Lipinski definition) is 1. The third kappa shape index (κ3) is 4.28. The molecule has 0 atom stereocenters. The number of nitrogens with one attached hydrogen (secondary N) is 1. The van der Waals surface area contributed by atoms with Crippen LogP contribution in [0.25, 0.3) is 0 Å². The first-order valence-electron chi connectivity index (χ1n) is 7.01. The number of anilines is 1. The number of amides is 1. The summed E-state index contributed by atoms with van der Waals surface area (Å²) in [7, 11) is 0. The lowest BCUT2D eigenvalue weighted by Crippen LogP contribution is -2.13. The van der Waals surface area contributed by atoms with Gasteiger partial charge in [-0.2, -0.15) is 0 Å². The van der Waals surface area contributed by atoms with E-state index in [0.717, 1.165) is 16.8 Å². The molecule has 3 heteroatoms. The van der Waals surface area contributed by atoms with Crippen LogP contribution in [0.1, 0.15) is 34.3 Å². The summed E-state index contributed by atoms with van der Waals surface area (Å²) in [5.74, 6) is -0.126. The summed E-state index contributed by atoms with van der Waals surface area (Å²) >= 11 is 0. The van der Waals surface area contributed by atoms with E-state index in [2.05, 4.69) is 5.32 Å². The molecule has 0 bridgehead atoms. The molecule has 0 spiro atoms. The molecule has 2 aromatic rings. The minimum Gasteiger partial charge on any atom is -0.326 e. The highest BCUT2D eigenvalue weighted by atomic mass is 16.2. The Hall–Kier alpha value is -2.42. The zero-order valence-electron chi connectivity index (χ0n) is 12.3. The summed E-state index contributed by atoms with van der Waals surface area (Å²) in [4.78, 5) is 24.0. The van der Waals surface area contributed by atoms with E-state index in [1.54, 1.807) is 0 Å². The van der Waals surface area contributed by atoms with Gasteiger partial charge < -0.3 is 5.32 Å². The molecule has 108 valence electrons. The zero-order valence-corrected chi connectivity index (χ0v) is 12.3. The van der Waals surface area contributed by atoms with Gasteiger partial charge in [-0.1, -0.05) is 35.9 Å². The number of benzene rings is 2. The van der Waals surface area contributed by atoms with E-state index < -0.39 is 0 Å². The molecule has 1 amide bonds. The molecule has 2 rings (SSSR count). The van der Waals surface area contributed by atoms with Crippen molar-refractivity contribution in [3.8, 4) is 0 Å². The van der Waals surface area contributed by atoms with Crippen LogP contribution in [0.15, 0.2) is 48.5 Å². The first-order chi connectivity index (χ1) is 10.1. The van der Waals surface area contributed by atoms with Crippen molar-refractivity contribution in [3.63, 3.8) is 0 Å². The largest absolute Gasteiger partial charge is 0.326 e. The van der Waals surface area contributed by atoms with E-state index in [-0.39, 0.29) is 24.5 Å². The number of hydrogen-bond acceptors (Lipinski definition) is 2. The summed E-state index contributed by atoms with van der Waals surface area (Å²) in [6.45, 7) is 3.87. The van der Waals surface area contributed by atoms with Crippen LogP contribution in [0.5, 0.6) is 0 Å². The highest BCUT2D eigenvalue weighted by molar-refractivity contribution is 6.01. The van der Waals surface area contributed by atoms with Crippen LogP contribution in [0, 0.1) is 13.8 Å². The fraction of sp³-hybridized carbons (Fsp3) is 0.222. The minimum atomic E-state index is -0.139. The van der Waals surface area contributed by atoms with E-state index in [9.17, 15) is 9.59 Å². The first kappa shape index (κ1) is 15.0. The lowest BCUT2D eigenvalue weighted by molar-refractivity contribution is -0.116. The molecule has 2 aromatic carbocycles. The number of Topliss-reactive ketones (excluding diaryl/α,β-unsaturated/α-hetero) is 1. The van der Waals surface area contributed by atoms with E-state index in [4.69, 9.17) is 0 Å². The van der Waals surface area contributed by atoms with Gasteiger partial charge in [-0.05, 0) is 37.6 Å². The number of rotatable bonds is 5. The Morgan fingerprint density at radius 3 is 2.38 bits per heavy atom. The molecular weight excluding hydrogens is 262 g/mol. The smallest absolute Gasteiger partial charge is 0.224 e. The Bertz CT molecular complexity index is 648. The summed E-state index contributed by atoms with van der Waals surface area (Å²) < 4.78 is 0. The van der Waals surface area contributed by atoms with Gasteiger partial charge in [0.15, 0.2) is 5.78 Å². The van der Waals surface area contributed by atoms with Gasteiger partial charge in [0, 0.05) is 24.1 Å². The Morgan fingerprint density at radius 1 is 0.952 bits per heavy atom. The SMILES string of the molecule is Cc1ccc(C)c(C(=O)CCC(=O)Nc2ccccc2)c1. The van der Waals surface area contributed by atoms with Crippen molar-refractivity contribution in [2.24, 2.45) is 0 Å². The average molecular weight is 281 g/mol. The molecule has 0 aromatic heterocycles. The van der Waals surface area contributed by atoms with Gasteiger partial charge in [-0.25, -0.2) is 0 Å². The van der Waals surface area contributed by atoms with Gasteiger partial charge in [0.05, 0.1) is 0 Å². The maximum absolute atomic E-state index is 12.2. The Balaban J connectivity index is 1.92. The minimum absolute atomic E-state index is 0.0133. The molecule has 0 aliphatic rings. The standard InChI is InChI=1S/C18H19NO2/c1-13-8-9-14(2)16(12-13)17(20)10-11-18(21)19-15-6-4-3-5-7-15/h3-9,12H,10-11H2,1-2H3,(H,19,21). The summed E-state index contributed by atoms with van der Waals surface area (Å²) in [6, 6.07) is 15.1. The predicted octanol–water partition coefficient (Wildman–Crippen LogP) is 3.91. The maximum Gasteiger partial charge on any atom is 0.224 e. The zero-order chi connectivity index (χ0) is 15.2. The molecule has 0 heterocycles. The van der Waals surface area contributed by atoms with Crippen molar-refractivity contribution < 1.29 is 9.59 Å². The van der Waals surface area contributed by atoms with Gasteiger partial charge >= 0.3 is 0 Å². The molecule has 0 aliphatic heterocycles. The summed E-state index contributed by atoms with van der Waals surface area (Å²) in [5, 5.41) is 2.78. The number of ketones is 1. The van der Waals surface area contributed by atoms with Gasteiger partial charge in [0.25, 0.3) is 0 Å². The molecule has 3 nitrogen and oxygen atoms in total. The molecule has 21 heavy (non-hydrogen) atoms. The van der Waals surface area contributed by atoms with Crippen molar-refractivity contribution in [2.45, 2.75) is 26.7 Å². The third-order valence-corrected chi connectivity index (χ3v) is 3.33. The van der Waals surface area contributed by atoms with Crippen LogP contribution in [0.2, 0.25) is 0 Å². The molecule has 1 N–H and O–H groups in total. The van der Waals surface area contributed by atoms with Gasteiger partial charge in [-0.3, -0.25) is 9.59 Å². The van der Waals surface area contributed by atoms with Crippen LogP contribution in [0.4, 0.5) is 5.69 Å². The number of aryl methyl sites for hydroxylation is 2. The molecular formula is C18H19NO2. The summed E-state index contributed by atoms with van der Waals surface area (Å²) in [5.41, 5.74) is 3.47. The maximum atomic E-state index is 12.2. The third-order valence-electron chi connectivity index (χ3n) is 3.33. The van der Waals surface area contributed by atoms with Crippen LogP contribution >= 0.6 is 0 Å². The quantitative estimate of drug-likeness (QED) is 0.845. The number of carbonyl (C=O) groups is 2. The fourth-order valence-electron chi connectivity index (χ4n) is 2.14. The van der Waals surface area contributed by atoms with Gasteiger partial charge in [0.2, 0.25) is 5.91 Å². The second-order valence-electron chi connectivity index (χ2n) is 5.16. The normalized spacial score (nSPS) is 10.2. The Kier molecular flexibility index (Phi) is 4.88. The van der Waals surface area contributed by atoms with Gasteiger partial charge in [-0.15, -0.1) is 0 Å². The molecule has 0 unspecified atom stereocenters. The van der Waals surface area contributed by atoms with E-state index in [0.29, 0.717) is 5.56 Å². The second kappa shape index (κ2) is 6.84. The first-order valence-corrected chi connectivity index (χ1v) is 7.01. The van der Waals surface area contributed by atoms with Crippen molar-refractivity contribution in [1.29, 1.82) is 0 Å². The monoisotopic (exact) mass is 281 g/mol. The van der Waals surface area contributed by atoms with Crippen molar-refractivity contribution in [1.82, 2.24) is 0 Å². The predicted molar refractivity (Wildman–Crippen MR) is 84.6 cm³/mol. The number of para-hydroxylation sites is 1. The molecule has 0 aliphatic carbocycles. The Labute approximate surface area is 125 Å². The van der Waals surface area contributed by atoms with Crippen molar-refractivity contribution >= 4 is 17.4 Å². The molecule has 0 saturated carbocycles. The summed E-state index contributed by atoms with van der Waals surface area (Å²) in [6.07, 6.45) is 0.421. The number of carbonyl (C=O) groups excluding carboxylic acids is 2. The molecule has 0 saturated heterocycles. The van der Waals surface area contributed by atoms with Crippen LogP contribution in [-0.2, 0) is 4.79 Å². The average Bonchev–Trinajstić information content (AvgIpc) is 2.48. The van der Waals surface area contributed by atoms with Crippen LogP contribution < -0.4 is 5.32 Å². The van der Waals surface area contributed by atoms with Crippen LogP contribution in [0.3, 0.4) is 0 Å². The highest BCUT2D eigenvalue weighted by Gasteiger charge is 2.11. The Morgan fingerprint density at radius 2 is 1.67 bits per heavy atom. The lowest BCUT2D eigenvalue weighted by Gasteiger charge is -2.07. The highest BCUT2D eigenvalue weighted by Crippen LogP contribution is 2.14. The molecule has 0 radical (unpaired) electrons. The topological polar surface area (TPSA) is 46.2 Å². The molecule has 0 fully saturated rings. The van der Waals surface area contributed by atoms with Crippen molar-refractivity contribution in [3.05, 3.63) is 65.2 Å². The van der Waals surface area contributed by atoms with E-state index in [1.807, 2.05) is 62.4 Å².